The Kier molecular flexibility index (Phi) is 2.22. The maximum absolute atomic E-state index is 4.26. The maximum Gasteiger partial charge on any atom is 0.155 e. The summed E-state index contributed by atoms with van der Waals surface area (Å²) in [6.45, 7) is 0. The van der Waals surface area contributed by atoms with Crippen LogP contribution >= 0.6 is 15.9 Å². The SMILES string of the molecule is Brc1cccc(-c2ccnc3ccnn23)c1. The van der Waals surface area contributed by atoms with Crippen LogP contribution in [0.5, 0.6) is 0 Å². The Hall–Kier alpha value is -1.68. The summed E-state index contributed by atoms with van der Waals surface area (Å²) in [5.41, 5.74) is 3.01. The molecule has 2 aromatic heterocycles. The lowest BCUT2D eigenvalue weighted by molar-refractivity contribution is 0.948. The van der Waals surface area contributed by atoms with Crippen molar-refractivity contribution in [2.45, 2.75) is 0 Å². The van der Waals surface area contributed by atoms with E-state index in [4.69, 9.17) is 0 Å². The zero-order chi connectivity index (χ0) is 11.0. The average Bonchev–Trinajstić information content (AvgIpc) is 2.76. The average molecular weight is 274 g/mol. The van der Waals surface area contributed by atoms with Gasteiger partial charge in [0.1, 0.15) is 0 Å². The number of rotatable bonds is 1. The molecule has 0 radical (unpaired) electrons. The fourth-order valence-electron chi connectivity index (χ4n) is 1.70. The molecule has 0 saturated heterocycles. The molecule has 0 saturated carbocycles. The normalized spacial score (nSPS) is 10.8. The third-order valence-corrected chi connectivity index (χ3v) is 2.90. The van der Waals surface area contributed by atoms with Crippen LogP contribution in [-0.2, 0) is 0 Å². The fourth-order valence-corrected chi connectivity index (χ4v) is 2.10. The van der Waals surface area contributed by atoms with E-state index < -0.39 is 0 Å². The van der Waals surface area contributed by atoms with Crippen molar-refractivity contribution in [2.24, 2.45) is 0 Å². The Morgan fingerprint density at radius 2 is 2.00 bits per heavy atom. The van der Waals surface area contributed by atoms with Gasteiger partial charge in [-0.05, 0) is 18.2 Å². The quantitative estimate of drug-likeness (QED) is 0.682. The summed E-state index contributed by atoms with van der Waals surface area (Å²) >= 11 is 3.47. The van der Waals surface area contributed by atoms with Crippen LogP contribution < -0.4 is 0 Å². The Morgan fingerprint density at radius 1 is 1.06 bits per heavy atom. The molecule has 0 unspecified atom stereocenters. The minimum Gasteiger partial charge on any atom is -0.237 e. The second-order valence-corrected chi connectivity index (χ2v) is 4.36. The minimum atomic E-state index is 0.859. The lowest BCUT2D eigenvalue weighted by Crippen LogP contribution is -1.94. The topological polar surface area (TPSA) is 30.2 Å². The Bertz CT molecular complexity index is 645. The first-order valence-corrected chi connectivity index (χ1v) is 5.68. The van der Waals surface area contributed by atoms with Crippen LogP contribution in [0.1, 0.15) is 0 Å². The van der Waals surface area contributed by atoms with Crippen molar-refractivity contribution in [3.05, 3.63) is 53.3 Å². The second-order valence-electron chi connectivity index (χ2n) is 3.44. The van der Waals surface area contributed by atoms with Crippen LogP contribution in [0, 0.1) is 0 Å². The molecular formula is C12H8BrN3. The van der Waals surface area contributed by atoms with E-state index in [0.717, 1.165) is 21.4 Å². The van der Waals surface area contributed by atoms with Gasteiger partial charge in [0, 0.05) is 22.3 Å². The van der Waals surface area contributed by atoms with E-state index in [-0.39, 0.29) is 0 Å². The number of fused-ring (bicyclic) bond motifs is 1. The van der Waals surface area contributed by atoms with Gasteiger partial charge in [-0.25, -0.2) is 9.50 Å². The Balaban J connectivity index is 2.29. The van der Waals surface area contributed by atoms with Gasteiger partial charge < -0.3 is 0 Å². The standard InChI is InChI=1S/C12H8BrN3/c13-10-3-1-2-9(8-10)11-4-6-14-12-5-7-15-16(11)12/h1-8H. The summed E-state index contributed by atoms with van der Waals surface area (Å²) < 4.78 is 2.89. The van der Waals surface area contributed by atoms with Crippen molar-refractivity contribution in [1.82, 2.24) is 14.6 Å². The lowest BCUT2D eigenvalue weighted by Gasteiger charge is -2.04. The van der Waals surface area contributed by atoms with Gasteiger partial charge >= 0.3 is 0 Å². The molecule has 1 aromatic carbocycles. The van der Waals surface area contributed by atoms with Crippen molar-refractivity contribution in [1.29, 1.82) is 0 Å². The van der Waals surface area contributed by atoms with Gasteiger partial charge in [-0.2, -0.15) is 5.10 Å². The number of hydrogen-bond acceptors (Lipinski definition) is 2. The number of halogens is 1. The summed E-state index contributed by atoms with van der Waals surface area (Å²) in [5, 5.41) is 4.26. The van der Waals surface area contributed by atoms with Gasteiger partial charge in [0.15, 0.2) is 5.65 Å². The molecule has 78 valence electrons. The van der Waals surface area contributed by atoms with Crippen LogP contribution in [0.15, 0.2) is 53.3 Å². The molecule has 3 rings (SSSR count). The first kappa shape index (κ1) is 9.54. The molecule has 0 aliphatic carbocycles. The van der Waals surface area contributed by atoms with Gasteiger partial charge in [0.05, 0.1) is 11.9 Å². The zero-order valence-electron chi connectivity index (χ0n) is 8.34. The third kappa shape index (κ3) is 1.51. The lowest BCUT2D eigenvalue weighted by atomic mass is 10.1. The first-order valence-electron chi connectivity index (χ1n) is 4.89. The molecule has 3 aromatic rings. The highest BCUT2D eigenvalue weighted by molar-refractivity contribution is 9.10. The smallest absolute Gasteiger partial charge is 0.155 e. The monoisotopic (exact) mass is 273 g/mol. The van der Waals surface area contributed by atoms with E-state index in [1.165, 1.54) is 0 Å². The molecule has 16 heavy (non-hydrogen) atoms. The van der Waals surface area contributed by atoms with E-state index in [1.54, 1.807) is 12.4 Å². The summed E-state index contributed by atoms with van der Waals surface area (Å²) in [7, 11) is 0. The van der Waals surface area contributed by atoms with Crippen LogP contribution in [0.3, 0.4) is 0 Å². The minimum absolute atomic E-state index is 0.859. The number of aromatic nitrogens is 3. The van der Waals surface area contributed by atoms with Crippen LogP contribution in [0.4, 0.5) is 0 Å². The van der Waals surface area contributed by atoms with Gasteiger partial charge in [-0.15, -0.1) is 0 Å². The number of nitrogens with zero attached hydrogens (tertiary/aromatic N) is 3. The third-order valence-electron chi connectivity index (χ3n) is 2.41. The van der Waals surface area contributed by atoms with Gasteiger partial charge in [-0.1, -0.05) is 28.1 Å². The molecule has 2 heterocycles. The molecular weight excluding hydrogens is 266 g/mol. The highest BCUT2D eigenvalue weighted by atomic mass is 79.9. The van der Waals surface area contributed by atoms with E-state index >= 15 is 0 Å². The summed E-state index contributed by atoms with van der Waals surface area (Å²) in [6.07, 6.45) is 3.55. The second kappa shape index (κ2) is 3.72. The van der Waals surface area contributed by atoms with Crippen molar-refractivity contribution in [3.63, 3.8) is 0 Å². The summed E-state index contributed by atoms with van der Waals surface area (Å²) in [6, 6.07) is 12.0. The molecule has 0 N–H and O–H groups in total. The fraction of sp³-hybridized carbons (Fsp3) is 0. The Labute approximate surface area is 101 Å². The molecule has 0 bridgehead atoms. The van der Waals surface area contributed by atoms with E-state index in [0.29, 0.717) is 0 Å². The van der Waals surface area contributed by atoms with Gasteiger partial charge in [0.25, 0.3) is 0 Å². The highest BCUT2D eigenvalue weighted by Crippen LogP contribution is 2.22. The molecule has 0 amide bonds. The van der Waals surface area contributed by atoms with Crippen LogP contribution in [-0.4, -0.2) is 14.6 Å². The predicted octanol–water partition coefficient (Wildman–Crippen LogP) is 3.16. The maximum atomic E-state index is 4.26. The van der Waals surface area contributed by atoms with Crippen molar-refractivity contribution in [3.8, 4) is 11.3 Å². The largest absolute Gasteiger partial charge is 0.237 e. The van der Waals surface area contributed by atoms with Crippen molar-refractivity contribution >= 4 is 21.6 Å². The number of benzene rings is 1. The van der Waals surface area contributed by atoms with E-state index in [9.17, 15) is 0 Å². The zero-order valence-corrected chi connectivity index (χ0v) is 9.92. The number of hydrogen-bond donors (Lipinski definition) is 0. The summed E-state index contributed by atoms with van der Waals surface area (Å²) in [5.74, 6) is 0. The van der Waals surface area contributed by atoms with E-state index in [1.807, 2.05) is 28.8 Å². The molecule has 3 nitrogen and oxygen atoms in total. The van der Waals surface area contributed by atoms with Crippen LogP contribution in [0.25, 0.3) is 16.9 Å². The molecule has 0 fully saturated rings. The van der Waals surface area contributed by atoms with Crippen molar-refractivity contribution in [2.75, 3.05) is 0 Å². The predicted molar refractivity (Wildman–Crippen MR) is 66.1 cm³/mol. The molecule has 0 aliphatic heterocycles. The van der Waals surface area contributed by atoms with Crippen LogP contribution in [0.2, 0.25) is 0 Å². The molecule has 0 aliphatic rings. The molecule has 0 spiro atoms. The van der Waals surface area contributed by atoms with Gasteiger partial charge in [0.2, 0.25) is 0 Å². The summed E-state index contributed by atoms with van der Waals surface area (Å²) in [4.78, 5) is 4.24. The van der Waals surface area contributed by atoms with Gasteiger partial charge in [-0.3, -0.25) is 0 Å². The Morgan fingerprint density at radius 3 is 2.88 bits per heavy atom. The molecule has 4 heteroatoms. The van der Waals surface area contributed by atoms with Crippen molar-refractivity contribution < 1.29 is 0 Å². The molecule has 0 atom stereocenters. The van der Waals surface area contributed by atoms with E-state index in [2.05, 4.69) is 38.1 Å². The first-order chi connectivity index (χ1) is 7.84. The highest BCUT2D eigenvalue weighted by Gasteiger charge is 2.04.